The summed E-state index contributed by atoms with van der Waals surface area (Å²) in [6.45, 7) is 2.53. The molecule has 0 amide bonds. The van der Waals surface area contributed by atoms with E-state index in [1.165, 1.54) is 13.8 Å². The van der Waals surface area contributed by atoms with Gasteiger partial charge in [-0.3, -0.25) is 0 Å². The molecule has 0 rings (SSSR count). The summed E-state index contributed by atoms with van der Waals surface area (Å²) < 4.78 is 235. The van der Waals surface area contributed by atoms with Gasteiger partial charge in [-0.15, -0.1) is 0 Å². The lowest BCUT2D eigenvalue weighted by Gasteiger charge is -2.42. The Hall–Kier alpha value is -1.05. The molecule has 218 valence electrons. The smallest absolute Gasteiger partial charge is 0.397 e. The van der Waals surface area contributed by atoms with Gasteiger partial charge in [0.1, 0.15) is 0 Å². The molecule has 0 aromatic rings. The van der Waals surface area contributed by atoms with Gasteiger partial charge in [-0.25, -0.2) is 0 Å². The zero-order valence-electron chi connectivity index (χ0n) is 18.1. The summed E-state index contributed by atoms with van der Waals surface area (Å²) >= 11 is 0. The molecule has 0 aromatic carbocycles. The standard InChI is InChI=1S/C16H19F17O2Si/c1-3-6-34-36(35-7-4-2)8-5-9(17,18)10(19,20)11(21,22)12(23,24)13(25,26)14(27,28)15(29,30)16(31,32)33/h36H,3-8H2,1-2H3. The van der Waals surface area contributed by atoms with E-state index in [9.17, 15) is 74.6 Å². The lowest BCUT2D eigenvalue weighted by Crippen LogP contribution is -2.74. The monoisotopic (exact) mass is 594 g/mol. The highest BCUT2D eigenvalue weighted by atomic mass is 28.3. The summed E-state index contributed by atoms with van der Waals surface area (Å²) in [6, 6.07) is -1.33. The largest absolute Gasteiger partial charge is 0.460 e. The fourth-order valence-corrected chi connectivity index (χ4v) is 4.39. The third-order valence-corrected chi connectivity index (χ3v) is 6.47. The molecule has 0 heterocycles. The van der Waals surface area contributed by atoms with E-state index in [2.05, 4.69) is 0 Å². The molecular formula is C16H19F17O2Si. The van der Waals surface area contributed by atoms with Crippen molar-refractivity contribution in [1.29, 1.82) is 0 Å². The van der Waals surface area contributed by atoms with Gasteiger partial charge in [0, 0.05) is 19.6 Å². The normalized spacial score (nSPS) is 15.7. The zero-order chi connectivity index (χ0) is 29.2. The Morgan fingerprint density at radius 3 is 1.08 bits per heavy atom. The SMILES string of the molecule is CCCO[SiH](CCC(F)(F)C(F)(F)C(F)(F)C(F)(F)C(F)(F)C(F)(F)C(F)(F)C(F)(F)F)OCCC. The first-order chi connectivity index (χ1) is 15.7. The molecule has 0 bridgehead atoms. The van der Waals surface area contributed by atoms with Gasteiger partial charge in [-0.2, -0.15) is 74.6 Å². The number of hydrogen-bond donors (Lipinski definition) is 0. The van der Waals surface area contributed by atoms with Crippen LogP contribution in [-0.2, 0) is 8.85 Å². The summed E-state index contributed by atoms with van der Waals surface area (Å²) in [5, 5.41) is 0. The van der Waals surface area contributed by atoms with E-state index < -0.39 is 69.4 Å². The molecule has 0 aliphatic rings. The van der Waals surface area contributed by atoms with Gasteiger partial charge in [0.25, 0.3) is 0 Å². The van der Waals surface area contributed by atoms with E-state index in [1.54, 1.807) is 0 Å². The number of rotatable bonds is 15. The predicted molar refractivity (Wildman–Crippen MR) is 89.7 cm³/mol. The summed E-state index contributed by atoms with van der Waals surface area (Å²) in [5.74, 6) is -56.2. The second-order valence-corrected chi connectivity index (χ2v) is 9.46. The van der Waals surface area contributed by atoms with Gasteiger partial charge >= 0.3 is 56.9 Å². The van der Waals surface area contributed by atoms with Crippen LogP contribution in [-0.4, -0.2) is 70.1 Å². The Kier molecular flexibility index (Phi) is 10.7. The highest BCUT2D eigenvalue weighted by Crippen LogP contribution is 2.64. The van der Waals surface area contributed by atoms with Crippen molar-refractivity contribution in [2.24, 2.45) is 0 Å². The Morgan fingerprint density at radius 2 is 0.778 bits per heavy atom. The first-order valence-electron chi connectivity index (χ1n) is 9.69. The van der Waals surface area contributed by atoms with Gasteiger partial charge in [0.15, 0.2) is 0 Å². The fourth-order valence-electron chi connectivity index (χ4n) is 2.37. The molecule has 0 fully saturated rings. The maximum atomic E-state index is 13.9. The minimum Gasteiger partial charge on any atom is -0.397 e. The van der Waals surface area contributed by atoms with E-state index in [0.717, 1.165) is 0 Å². The highest BCUT2D eigenvalue weighted by Gasteiger charge is 2.95. The van der Waals surface area contributed by atoms with E-state index >= 15 is 0 Å². The average Bonchev–Trinajstić information content (AvgIpc) is 2.71. The fraction of sp³-hybridized carbons (Fsp3) is 1.00. The Bertz CT molecular complexity index is 699. The molecule has 36 heavy (non-hydrogen) atoms. The quantitative estimate of drug-likeness (QED) is 0.145. The van der Waals surface area contributed by atoms with Crippen LogP contribution in [0.15, 0.2) is 0 Å². The van der Waals surface area contributed by atoms with Crippen molar-refractivity contribution < 1.29 is 83.5 Å². The van der Waals surface area contributed by atoms with Gasteiger partial charge < -0.3 is 8.85 Å². The third-order valence-electron chi connectivity index (χ3n) is 4.50. The third kappa shape index (κ3) is 5.83. The Labute approximate surface area is 193 Å². The molecule has 0 aromatic heterocycles. The van der Waals surface area contributed by atoms with E-state index in [1.807, 2.05) is 0 Å². The summed E-state index contributed by atoms with van der Waals surface area (Å²) in [4.78, 5) is 0. The van der Waals surface area contributed by atoms with Crippen LogP contribution in [0.25, 0.3) is 0 Å². The molecule has 0 aliphatic carbocycles. The van der Waals surface area contributed by atoms with Crippen LogP contribution in [0.1, 0.15) is 33.1 Å². The molecule has 0 spiro atoms. The van der Waals surface area contributed by atoms with Crippen molar-refractivity contribution in [3.8, 4) is 0 Å². The molecule has 0 aliphatic heterocycles. The van der Waals surface area contributed by atoms with Crippen molar-refractivity contribution in [1.82, 2.24) is 0 Å². The van der Waals surface area contributed by atoms with Crippen molar-refractivity contribution in [2.75, 3.05) is 13.2 Å². The second kappa shape index (κ2) is 11.0. The molecule has 0 N–H and O–H groups in total. The van der Waals surface area contributed by atoms with Crippen LogP contribution < -0.4 is 0 Å². The van der Waals surface area contributed by atoms with Crippen LogP contribution in [0, 0.1) is 0 Å². The minimum atomic E-state index is -8.62. The van der Waals surface area contributed by atoms with Crippen LogP contribution >= 0.6 is 0 Å². The van der Waals surface area contributed by atoms with Crippen molar-refractivity contribution in [2.45, 2.75) is 86.8 Å². The maximum absolute atomic E-state index is 13.9. The van der Waals surface area contributed by atoms with Crippen molar-refractivity contribution in [3.05, 3.63) is 0 Å². The maximum Gasteiger partial charge on any atom is 0.460 e. The van der Waals surface area contributed by atoms with Gasteiger partial charge in [-0.1, -0.05) is 13.8 Å². The molecule has 0 unspecified atom stereocenters. The van der Waals surface area contributed by atoms with Crippen LogP contribution in [0.5, 0.6) is 0 Å². The molecule has 0 saturated carbocycles. The topological polar surface area (TPSA) is 18.5 Å². The predicted octanol–water partition coefficient (Wildman–Crippen LogP) is 7.46. The summed E-state index contributed by atoms with van der Waals surface area (Å²) in [5.41, 5.74) is 0. The lowest BCUT2D eigenvalue weighted by atomic mass is 9.88. The number of hydrogen-bond acceptors (Lipinski definition) is 2. The molecule has 2 nitrogen and oxygen atoms in total. The first-order valence-corrected chi connectivity index (χ1v) is 11.4. The number of alkyl halides is 17. The van der Waals surface area contributed by atoms with E-state index in [0.29, 0.717) is 0 Å². The van der Waals surface area contributed by atoms with Crippen molar-refractivity contribution in [3.63, 3.8) is 0 Å². The molecule has 0 saturated heterocycles. The molecular weight excluding hydrogens is 575 g/mol. The zero-order valence-corrected chi connectivity index (χ0v) is 19.2. The minimum absolute atomic E-state index is 0.210. The summed E-state index contributed by atoms with van der Waals surface area (Å²) in [6.07, 6.45) is -9.87. The van der Waals surface area contributed by atoms with E-state index in [4.69, 9.17) is 8.85 Å². The van der Waals surface area contributed by atoms with Crippen LogP contribution in [0.3, 0.4) is 0 Å². The number of halogens is 17. The summed E-state index contributed by atoms with van der Waals surface area (Å²) in [7, 11) is -3.38. The average molecular weight is 594 g/mol. The highest BCUT2D eigenvalue weighted by molar-refractivity contribution is 6.44. The van der Waals surface area contributed by atoms with Crippen molar-refractivity contribution >= 4 is 9.28 Å². The first kappa shape index (κ1) is 34.9. The molecule has 0 radical (unpaired) electrons. The van der Waals surface area contributed by atoms with Crippen LogP contribution in [0.4, 0.5) is 74.6 Å². The lowest BCUT2D eigenvalue weighted by molar-refractivity contribution is -0.461. The Morgan fingerprint density at radius 1 is 0.472 bits per heavy atom. The second-order valence-electron chi connectivity index (χ2n) is 7.36. The van der Waals surface area contributed by atoms with Gasteiger partial charge in [0.05, 0.1) is 0 Å². The molecule has 20 heteroatoms. The Balaban J connectivity index is 6.31. The van der Waals surface area contributed by atoms with Gasteiger partial charge in [0.2, 0.25) is 0 Å². The molecule has 0 atom stereocenters. The van der Waals surface area contributed by atoms with E-state index in [-0.39, 0.29) is 26.1 Å². The van der Waals surface area contributed by atoms with Crippen LogP contribution in [0.2, 0.25) is 6.04 Å². The van der Waals surface area contributed by atoms with Gasteiger partial charge in [-0.05, 0) is 18.9 Å².